The molecule has 2 atom stereocenters. The van der Waals surface area contributed by atoms with E-state index in [0.717, 1.165) is 41.8 Å². The van der Waals surface area contributed by atoms with Crippen LogP contribution in [-0.4, -0.2) is 17.5 Å². The van der Waals surface area contributed by atoms with Crippen molar-refractivity contribution in [2.24, 2.45) is 37.6 Å². The van der Waals surface area contributed by atoms with Crippen molar-refractivity contribution in [2.45, 2.75) is 122 Å². The maximum Gasteiger partial charge on any atom is 0.0963 e. The highest BCUT2D eigenvalue weighted by Gasteiger charge is 2.44. The summed E-state index contributed by atoms with van der Waals surface area (Å²) in [5.74, 6) is 0.380. The van der Waals surface area contributed by atoms with Gasteiger partial charge < -0.3 is 0 Å². The van der Waals surface area contributed by atoms with Gasteiger partial charge in [-0.1, -0.05) is 160 Å². The summed E-state index contributed by atoms with van der Waals surface area (Å²) >= 11 is 0. The molecule has 45 heavy (non-hydrogen) atoms. The molecule has 0 amide bonds. The van der Waals surface area contributed by atoms with Crippen LogP contribution in [0.25, 0.3) is 0 Å². The monoisotopic (exact) mass is 606 g/mol. The highest BCUT2D eigenvalue weighted by molar-refractivity contribution is 6.53. The van der Waals surface area contributed by atoms with E-state index in [1.807, 2.05) is 0 Å². The molecule has 0 aliphatic carbocycles. The quantitative estimate of drug-likeness (QED) is 0.254. The lowest BCUT2D eigenvalue weighted by molar-refractivity contribution is 0.0806. The Balaban J connectivity index is 2.24. The molecule has 0 fully saturated rings. The van der Waals surface area contributed by atoms with Gasteiger partial charge in [-0.05, 0) is 66.8 Å². The van der Waals surface area contributed by atoms with Crippen LogP contribution in [0.15, 0.2) is 105 Å². The van der Waals surface area contributed by atoms with Crippen LogP contribution in [0, 0.1) is 27.6 Å². The van der Waals surface area contributed by atoms with Crippen LogP contribution in [-0.2, 0) is 0 Å². The number of allylic oxidation sites excluding steroid dienone is 5. The first kappa shape index (κ1) is 36.5. The minimum absolute atomic E-state index is 0.00388. The van der Waals surface area contributed by atoms with E-state index in [0.29, 0.717) is 5.92 Å². The molecule has 0 N–H and O–H groups in total. The second-order valence-corrected chi connectivity index (χ2v) is 16.7. The molecule has 0 radical (unpaired) electrons. The number of hydrogen-bond donors (Lipinski definition) is 0. The summed E-state index contributed by atoms with van der Waals surface area (Å²) in [6.45, 7) is 32.8. The molecule has 0 saturated heterocycles. The van der Waals surface area contributed by atoms with Gasteiger partial charge in [0.15, 0.2) is 0 Å². The Labute approximate surface area is 277 Å². The van der Waals surface area contributed by atoms with Crippen LogP contribution in [0.4, 0.5) is 0 Å². The van der Waals surface area contributed by atoms with Gasteiger partial charge in [-0.15, -0.1) is 0 Å². The van der Waals surface area contributed by atoms with Gasteiger partial charge in [0.25, 0.3) is 0 Å². The second-order valence-electron chi connectivity index (χ2n) is 16.7. The van der Waals surface area contributed by atoms with Crippen molar-refractivity contribution in [2.75, 3.05) is 0 Å². The normalized spacial score (nSPS) is 19.5. The van der Waals surface area contributed by atoms with Gasteiger partial charge in [0.05, 0.1) is 17.5 Å². The Hall–Kier alpha value is -3.00. The first-order valence-corrected chi connectivity index (χ1v) is 17.1. The Morgan fingerprint density at radius 3 is 1.67 bits per heavy atom. The minimum atomic E-state index is -0.110. The van der Waals surface area contributed by atoms with Crippen LogP contribution in [0.3, 0.4) is 0 Å². The molecule has 2 unspecified atom stereocenters. The molecule has 244 valence electrons. The Morgan fingerprint density at radius 1 is 0.711 bits per heavy atom. The number of nitrogens with zero attached hydrogens (tertiary/aromatic N) is 2. The molecule has 2 heteroatoms. The van der Waals surface area contributed by atoms with Gasteiger partial charge >= 0.3 is 0 Å². The number of rotatable bonds is 9. The smallest absolute Gasteiger partial charge is 0.0963 e. The average Bonchev–Trinajstić information content (AvgIpc) is 3.19. The van der Waals surface area contributed by atoms with Crippen molar-refractivity contribution in [3.8, 4) is 0 Å². The van der Waals surface area contributed by atoms with E-state index in [9.17, 15) is 0 Å². The van der Waals surface area contributed by atoms with Gasteiger partial charge in [0.1, 0.15) is 0 Å². The summed E-state index contributed by atoms with van der Waals surface area (Å²) in [5, 5.41) is 0. The lowest BCUT2D eigenvalue weighted by Gasteiger charge is -2.46. The van der Waals surface area contributed by atoms with Gasteiger partial charge in [-0.25, -0.2) is 0 Å². The van der Waals surface area contributed by atoms with E-state index < -0.39 is 0 Å². The third kappa shape index (κ3) is 9.05. The van der Waals surface area contributed by atoms with Crippen molar-refractivity contribution >= 4 is 11.4 Å². The lowest BCUT2D eigenvalue weighted by atomic mass is 9.61. The summed E-state index contributed by atoms with van der Waals surface area (Å²) < 4.78 is 0. The molecule has 1 aliphatic heterocycles. The van der Waals surface area contributed by atoms with Crippen LogP contribution in [0.5, 0.6) is 0 Å². The van der Waals surface area contributed by atoms with Gasteiger partial charge in [0, 0.05) is 23.2 Å². The SMILES string of the molecule is CC(=CCC(C)C(C)=C1CC(C(C)(C)C(C)(C)CC=C(C)C(C)(C)C)N=C(c2ccccc2)C(c2ccccc2)=N1)C(C)(C)C. The topological polar surface area (TPSA) is 24.7 Å². The molecule has 1 aliphatic rings. The lowest BCUT2D eigenvalue weighted by Crippen LogP contribution is -2.42. The van der Waals surface area contributed by atoms with E-state index in [4.69, 9.17) is 9.98 Å². The molecule has 1 heterocycles. The Kier molecular flexibility index (Phi) is 11.5. The third-order valence-corrected chi connectivity index (χ3v) is 11.1. The number of aliphatic imine (C=N–C) groups is 2. The summed E-state index contributed by atoms with van der Waals surface area (Å²) in [6, 6.07) is 21.4. The molecular formula is C43H62N2. The van der Waals surface area contributed by atoms with Crippen molar-refractivity contribution in [3.63, 3.8) is 0 Å². The Bertz CT molecular complexity index is 1450. The Morgan fingerprint density at radius 2 is 1.18 bits per heavy atom. The number of benzene rings is 2. The molecular weight excluding hydrogens is 544 g/mol. The van der Waals surface area contributed by atoms with Crippen molar-refractivity contribution < 1.29 is 0 Å². The van der Waals surface area contributed by atoms with Crippen molar-refractivity contribution in [3.05, 3.63) is 106 Å². The summed E-state index contributed by atoms with van der Waals surface area (Å²) in [5.41, 5.74) is 9.89. The molecule has 2 aromatic rings. The molecule has 0 spiro atoms. The predicted octanol–water partition coefficient (Wildman–Crippen LogP) is 12.5. The molecule has 2 aromatic carbocycles. The maximum absolute atomic E-state index is 5.73. The molecule has 0 saturated carbocycles. The first-order chi connectivity index (χ1) is 20.8. The summed E-state index contributed by atoms with van der Waals surface area (Å²) in [6.07, 6.45) is 7.75. The number of hydrogen-bond acceptors (Lipinski definition) is 2. The van der Waals surface area contributed by atoms with E-state index in [1.54, 1.807) is 0 Å². The van der Waals surface area contributed by atoms with Crippen LogP contribution < -0.4 is 0 Å². The van der Waals surface area contributed by atoms with Crippen LogP contribution in [0.2, 0.25) is 0 Å². The predicted molar refractivity (Wildman–Crippen MR) is 199 cm³/mol. The van der Waals surface area contributed by atoms with Crippen molar-refractivity contribution in [1.82, 2.24) is 0 Å². The highest BCUT2D eigenvalue weighted by Crippen LogP contribution is 2.49. The minimum Gasteiger partial charge on any atom is -0.278 e. The van der Waals surface area contributed by atoms with Gasteiger partial charge in [-0.3, -0.25) is 9.98 Å². The van der Waals surface area contributed by atoms with Gasteiger partial charge in [-0.2, -0.15) is 0 Å². The molecule has 2 nitrogen and oxygen atoms in total. The first-order valence-electron chi connectivity index (χ1n) is 17.1. The standard InChI is InChI=1S/C43H62N2/c1-30(25-26-31(2)40(5,6)7)33(4)36-29-37(43(13,14)42(11,12)28-27-32(3)41(8,9)10)45-39(35-23-19-16-20-24-35)38(44-36)34-21-17-15-18-22-34/h15-24,26-27,30,37H,25,28-29H2,1-14H3. The van der Waals surface area contributed by atoms with Crippen LogP contribution in [0.1, 0.15) is 127 Å². The highest BCUT2D eigenvalue weighted by atomic mass is 14.9. The van der Waals surface area contributed by atoms with Crippen molar-refractivity contribution in [1.29, 1.82) is 0 Å². The van der Waals surface area contributed by atoms with E-state index in [-0.39, 0.29) is 27.7 Å². The summed E-state index contributed by atoms with van der Waals surface area (Å²) in [4.78, 5) is 11.3. The second kappa shape index (κ2) is 14.2. The van der Waals surface area contributed by atoms with Crippen LogP contribution >= 0.6 is 0 Å². The zero-order valence-corrected chi connectivity index (χ0v) is 31.1. The van der Waals surface area contributed by atoms with E-state index >= 15 is 0 Å². The molecule has 0 bridgehead atoms. The largest absolute Gasteiger partial charge is 0.278 e. The van der Waals surface area contributed by atoms with Gasteiger partial charge in [0.2, 0.25) is 0 Å². The zero-order valence-electron chi connectivity index (χ0n) is 31.1. The van der Waals surface area contributed by atoms with E-state index in [2.05, 4.69) is 170 Å². The molecule has 0 aromatic heterocycles. The fraction of sp³-hybridized carbons (Fsp3) is 0.535. The third-order valence-electron chi connectivity index (χ3n) is 11.1. The maximum atomic E-state index is 5.73. The fourth-order valence-corrected chi connectivity index (χ4v) is 5.50. The summed E-state index contributed by atoms with van der Waals surface area (Å²) in [7, 11) is 0. The molecule has 3 rings (SSSR count). The average molecular weight is 607 g/mol. The fourth-order valence-electron chi connectivity index (χ4n) is 5.50. The van der Waals surface area contributed by atoms with E-state index in [1.165, 1.54) is 22.4 Å². The zero-order chi connectivity index (χ0) is 33.8.